The highest BCUT2D eigenvalue weighted by Crippen LogP contribution is 2.44. The molecule has 1 saturated heterocycles. The van der Waals surface area contributed by atoms with E-state index < -0.39 is 29.4 Å². The lowest BCUT2D eigenvalue weighted by Crippen LogP contribution is -2.62. The van der Waals surface area contributed by atoms with Gasteiger partial charge >= 0.3 is 0 Å². The number of hydrogen-bond donors (Lipinski definition) is 4. The fourth-order valence-electron chi connectivity index (χ4n) is 12.3. The van der Waals surface area contributed by atoms with Crippen LogP contribution in [0.15, 0.2) is 72.9 Å². The van der Waals surface area contributed by atoms with Crippen molar-refractivity contribution in [1.82, 2.24) is 40.5 Å². The van der Waals surface area contributed by atoms with E-state index in [1.807, 2.05) is 57.2 Å². The number of likely N-dealkylation sites (N-methyl/N-ethyl adjacent to an activating group) is 1. The first-order valence-corrected chi connectivity index (χ1v) is 29.4. The number of Topliss-reactive ketones (excluding diaryl/α,β-unsaturated/α-hetero) is 1. The third-order valence-corrected chi connectivity index (χ3v) is 16.9. The van der Waals surface area contributed by atoms with Crippen LogP contribution in [0.5, 0.6) is 5.75 Å². The minimum absolute atomic E-state index is 0.0971. The number of aromatic nitrogens is 3. The minimum Gasteiger partial charge on any atom is -0.494 e. The lowest BCUT2D eigenvalue weighted by molar-refractivity contribution is -0.147. The molecule has 0 radical (unpaired) electrons. The van der Waals surface area contributed by atoms with Crippen LogP contribution in [0.4, 0.5) is 21.7 Å². The number of hydrogen-bond acceptors (Lipinski definition) is 11. The number of benzene rings is 3. The Labute approximate surface area is 481 Å². The Kier molecular flexibility index (Phi) is 18.8. The summed E-state index contributed by atoms with van der Waals surface area (Å²) in [5.41, 5.74) is 13.5. The number of carbonyl (C=O) groups is 5. The minimum atomic E-state index is -0.877. The van der Waals surface area contributed by atoms with Gasteiger partial charge in [-0.2, -0.15) is 4.68 Å². The number of halogens is 1. The molecule has 5 N–H and O–H groups in total. The monoisotopic (exact) mass is 1120 g/mol. The Morgan fingerprint density at radius 3 is 2.45 bits per heavy atom. The molecule has 0 unspecified atom stereocenters. The van der Waals surface area contributed by atoms with Crippen LogP contribution >= 0.6 is 0 Å². The Morgan fingerprint density at radius 2 is 1.67 bits per heavy atom. The Hall–Kier alpha value is -7.65. The maximum atomic E-state index is 14.8. The van der Waals surface area contributed by atoms with E-state index in [-0.39, 0.29) is 54.6 Å². The SMILES string of the molecule is [C-]#[N+]c1c2c(nn1CCCC(=O)CCCCCCCCOc1ccc3c(c1)CN(C(=O)[C@@H](NC(=O)[C@H](C)NC)C(C)(C)C)[C@H](C(=O)N[C@@H]1CCCc4ccccc41)C3)CN(C)C(=O)c1ccc(F)cc1[C@H]1CCCN1c1cc-2cnc1N. The molecule has 82 heavy (non-hydrogen) atoms. The van der Waals surface area contributed by atoms with Gasteiger partial charge in [0.05, 0.1) is 43.5 Å². The maximum absolute atomic E-state index is 14.8. The van der Waals surface area contributed by atoms with Crippen molar-refractivity contribution in [2.45, 2.75) is 174 Å². The third kappa shape index (κ3) is 13.3. The van der Waals surface area contributed by atoms with Crippen LogP contribution in [0.3, 0.4) is 0 Å². The average Bonchev–Trinajstić information content (AvgIpc) is 4.25. The molecular formula is C64H80FN11O6. The molecule has 9 rings (SSSR count). The number of ether oxygens (including phenoxy) is 1. The molecule has 1 aliphatic carbocycles. The molecule has 18 heteroatoms. The van der Waals surface area contributed by atoms with E-state index in [1.54, 1.807) is 47.8 Å². The van der Waals surface area contributed by atoms with Crippen molar-refractivity contribution in [2.24, 2.45) is 5.41 Å². The molecule has 434 valence electrons. The molecule has 5 atom stereocenters. The predicted molar refractivity (Wildman–Crippen MR) is 314 cm³/mol. The molecule has 17 nitrogen and oxygen atoms in total. The summed E-state index contributed by atoms with van der Waals surface area (Å²) in [5, 5.41) is 14.2. The van der Waals surface area contributed by atoms with Crippen LogP contribution in [0, 0.1) is 17.8 Å². The Balaban J connectivity index is 0.751. The lowest BCUT2D eigenvalue weighted by Gasteiger charge is -2.41. The van der Waals surface area contributed by atoms with Crippen molar-refractivity contribution >= 4 is 46.7 Å². The second-order valence-corrected chi connectivity index (χ2v) is 23.8. The molecule has 3 aromatic carbocycles. The summed E-state index contributed by atoms with van der Waals surface area (Å²) in [4.78, 5) is 83.4. The highest BCUT2D eigenvalue weighted by atomic mass is 19.1. The zero-order chi connectivity index (χ0) is 58.2. The highest BCUT2D eigenvalue weighted by Gasteiger charge is 2.43. The summed E-state index contributed by atoms with van der Waals surface area (Å²) in [5.74, 6) is -0.0230. The molecule has 4 aliphatic rings. The number of fused-ring (bicyclic) bond motifs is 10. The van der Waals surface area contributed by atoms with Crippen LogP contribution in [-0.4, -0.2) is 99.3 Å². The van der Waals surface area contributed by atoms with Crippen molar-refractivity contribution in [3.8, 4) is 16.9 Å². The molecule has 2 aromatic heterocycles. The zero-order valence-corrected chi connectivity index (χ0v) is 48.5. The summed E-state index contributed by atoms with van der Waals surface area (Å²) >= 11 is 0. The van der Waals surface area contributed by atoms with Gasteiger partial charge in [0.25, 0.3) is 11.7 Å². The van der Waals surface area contributed by atoms with E-state index in [0.717, 1.165) is 80.9 Å². The van der Waals surface area contributed by atoms with Gasteiger partial charge in [0, 0.05) is 56.7 Å². The van der Waals surface area contributed by atoms with Gasteiger partial charge in [-0.05, 0) is 141 Å². The molecule has 5 heterocycles. The number of rotatable bonds is 20. The highest BCUT2D eigenvalue weighted by molar-refractivity contribution is 5.97. The van der Waals surface area contributed by atoms with Crippen LogP contribution in [-0.2, 0) is 51.7 Å². The van der Waals surface area contributed by atoms with Crippen molar-refractivity contribution < 1.29 is 33.1 Å². The van der Waals surface area contributed by atoms with Crippen LogP contribution in [0.25, 0.3) is 16.0 Å². The second kappa shape index (κ2) is 26.1. The first-order chi connectivity index (χ1) is 39.4. The number of nitrogens with two attached hydrogens (primary N) is 1. The van der Waals surface area contributed by atoms with E-state index in [2.05, 4.69) is 42.8 Å². The number of amides is 4. The van der Waals surface area contributed by atoms with E-state index in [0.29, 0.717) is 103 Å². The number of aryl methyl sites for hydroxylation is 2. The number of nitrogens with zero attached hydrogens (tertiary/aromatic N) is 7. The average molecular weight is 1120 g/mol. The van der Waals surface area contributed by atoms with Crippen molar-refractivity contribution in [3.63, 3.8) is 0 Å². The number of carbonyl (C=O) groups excluding carboxylic acids is 5. The van der Waals surface area contributed by atoms with Crippen LogP contribution < -0.4 is 31.3 Å². The topological polar surface area (TPSA) is 201 Å². The molecule has 5 aromatic rings. The van der Waals surface area contributed by atoms with E-state index in [4.69, 9.17) is 22.1 Å². The molecule has 1 fully saturated rings. The van der Waals surface area contributed by atoms with E-state index in [9.17, 15) is 28.4 Å². The summed E-state index contributed by atoms with van der Waals surface area (Å²) in [6, 6.07) is 17.8. The summed E-state index contributed by atoms with van der Waals surface area (Å²) < 4.78 is 22.7. The standard InChI is InChI=1S/C64H80FN11O6/c1-40(67-5)60(78)71-57(64(2,3)4)63(81)75-38-44-33-47(28-26-42(44)34-55(75)61(79)70-51-24-16-20-41-19-13-14-23-48(41)51)82-32-15-11-9-8-10-12-21-46(77)22-17-31-76-59(68-6)56-43-35-54(58(66)69-37-43)74-30-18-25-53(74)50-36-45(65)27-29-49(50)62(80)73(7)39-52(56)72-76/h13-14,19,23,26-29,33,35-37,40,51,53,55,57,67H,8-12,15-18,20-22,24-25,30-32,34,38-39H2,1-5,7H3,(H2,66,69)(H,70,79)(H,71,78)/t40-,51+,53+,55-,57+/m0/s1. The normalized spacial score (nSPS) is 18.3. The van der Waals surface area contributed by atoms with Crippen molar-refractivity contribution in [2.75, 3.05) is 37.9 Å². The molecule has 3 aliphatic heterocycles. The first-order valence-electron chi connectivity index (χ1n) is 29.4. The predicted octanol–water partition coefficient (Wildman–Crippen LogP) is 9.89. The van der Waals surface area contributed by atoms with Crippen LogP contribution in [0.2, 0.25) is 0 Å². The molecule has 4 amide bonds. The summed E-state index contributed by atoms with van der Waals surface area (Å²) in [7, 11) is 3.38. The smallest absolute Gasteiger partial charge is 0.260 e. The molecule has 2 bridgehead atoms. The van der Waals surface area contributed by atoms with Gasteiger partial charge < -0.3 is 46.0 Å². The fraction of sp³-hybridized carbons (Fsp3) is 0.500. The Morgan fingerprint density at radius 1 is 0.902 bits per heavy atom. The van der Waals surface area contributed by atoms with Gasteiger partial charge in [0.15, 0.2) is 0 Å². The van der Waals surface area contributed by atoms with Crippen molar-refractivity contribution in [3.05, 3.63) is 129 Å². The van der Waals surface area contributed by atoms with Crippen molar-refractivity contribution in [1.29, 1.82) is 0 Å². The number of nitrogens with one attached hydrogen (secondary N) is 3. The lowest BCUT2D eigenvalue weighted by atomic mass is 9.83. The Bertz CT molecular complexity index is 3220. The van der Waals surface area contributed by atoms with Gasteiger partial charge in [-0.1, -0.05) is 83.4 Å². The number of ketones is 1. The maximum Gasteiger partial charge on any atom is 0.260 e. The number of pyridine rings is 1. The molecule has 0 saturated carbocycles. The first kappa shape index (κ1) is 59.0. The van der Waals surface area contributed by atoms with Gasteiger partial charge in [-0.3, -0.25) is 24.0 Å². The third-order valence-electron chi connectivity index (χ3n) is 16.9. The van der Waals surface area contributed by atoms with Gasteiger partial charge in [0.1, 0.15) is 40.9 Å². The number of unbranched alkanes of at least 4 members (excludes halogenated alkanes) is 5. The van der Waals surface area contributed by atoms with Gasteiger partial charge in [-0.15, -0.1) is 5.10 Å². The van der Waals surface area contributed by atoms with E-state index >= 15 is 0 Å². The quantitative estimate of drug-likeness (QED) is 0.0427. The fourth-order valence-corrected chi connectivity index (χ4v) is 12.3. The zero-order valence-electron chi connectivity index (χ0n) is 48.5. The largest absolute Gasteiger partial charge is 0.494 e. The van der Waals surface area contributed by atoms with Crippen LogP contribution in [0.1, 0.15) is 167 Å². The van der Waals surface area contributed by atoms with Gasteiger partial charge in [0.2, 0.25) is 17.7 Å². The summed E-state index contributed by atoms with van der Waals surface area (Å²) in [6.45, 7) is 17.6. The van der Waals surface area contributed by atoms with E-state index in [1.165, 1.54) is 17.7 Å². The molecule has 0 spiro atoms. The second-order valence-electron chi connectivity index (χ2n) is 23.8. The summed E-state index contributed by atoms with van der Waals surface area (Å²) in [6.07, 6.45) is 13.1. The molecular weight excluding hydrogens is 1040 g/mol. The van der Waals surface area contributed by atoms with Gasteiger partial charge in [-0.25, -0.2) is 9.37 Å². The number of nitrogen functional groups attached to an aromatic ring is 1. The number of anilines is 2.